The van der Waals surface area contributed by atoms with Crippen molar-refractivity contribution in [3.8, 4) is 5.69 Å². The van der Waals surface area contributed by atoms with E-state index in [4.69, 9.17) is 0 Å². The largest absolute Gasteiger partial charge is 0.395 e. The van der Waals surface area contributed by atoms with Gasteiger partial charge >= 0.3 is 0 Å². The van der Waals surface area contributed by atoms with E-state index in [1.165, 1.54) is 6.33 Å². The van der Waals surface area contributed by atoms with Crippen LogP contribution in [0.15, 0.2) is 30.9 Å². The number of aliphatic hydroxyl groups excluding tert-OH is 1. The van der Waals surface area contributed by atoms with Gasteiger partial charge in [-0.05, 0) is 37.1 Å². The Labute approximate surface area is 147 Å². The van der Waals surface area contributed by atoms with E-state index in [-0.39, 0.29) is 18.6 Å². The maximum atomic E-state index is 12.8. The second-order valence-corrected chi connectivity index (χ2v) is 6.41. The van der Waals surface area contributed by atoms with E-state index in [0.29, 0.717) is 18.7 Å². The number of aryl methyl sites for hydroxylation is 1. The molecule has 2 aromatic rings. The van der Waals surface area contributed by atoms with Gasteiger partial charge in [-0.3, -0.25) is 9.69 Å². The average molecular weight is 343 g/mol. The third-order valence-corrected chi connectivity index (χ3v) is 4.91. The van der Waals surface area contributed by atoms with Gasteiger partial charge in [0, 0.05) is 37.8 Å². The summed E-state index contributed by atoms with van der Waals surface area (Å²) < 4.78 is 1.70. The Balaban J connectivity index is 1.67. The highest BCUT2D eigenvalue weighted by Crippen LogP contribution is 2.17. The predicted molar refractivity (Wildman–Crippen MR) is 94.7 cm³/mol. The van der Waals surface area contributed by atoms with E-state index in [1.54, 1.807) is 11.0 Å². The van der Waals surface area contributed by atoms with Crippen LogP contribution in [0.2, 0.25) is 0 Å². The summed E-state index contributed by atoms with van der Waals surface area (Å²) in [7, 11) is 0. The molecule has 1 aromatic carbocycles. The monoisotopic (exact) mass is 343 g/mol. The number of hydrogen-bond acceptors (Lipinski definition) is 5. The standard InChI is InChI=1S/C18H25N5O2/c1-3-16(11-24)21-6-8-22(9-7-21)18(25)15-4-5-17(14(2)10-15)23-13-19-12-20-23/h4-5,10,12-13,16,24H,3,6-9,11H2,1-2H3. The first-order chi connectivity index (χ1) is 12.1. The lowest BCUT2D eigenvalue weighted by molar-refractivity contribution is 0.0472. The van der Waals surface area contributed by atoms with Crippen LogP contribution in [0, 0.1) is 6.92 Å². The van der Waals surface area contributed by atoms with Gasteiger partial charge in [0.1, 0.15) is 12.7 Å². The molecule has 134 valence electrons. The molecular formula is C18H25N5O2. The van der Waals surface area contributed by atoms with Gasteiger partial charge in [0.25, 0.3) is 5.91 Å². The van der Waals surface area contributed by atoms with Crippen LogP contribution >= 0.6 is 0 Å². The van der Waals surface area contributed by atoms with Crippen LogP contribution in [-0.4, -0.2) is 74.4 Å². The van der Waals surface area contributed by atoms with Gasteiger partial charge in [-0.15, -0.1) is 0 Å². The molecule has 1 amide bonds. The molecule has 0 aliphatic carbocycles. The van der Waals surface area contributed by atoms with E-state index < -0.39 is 0 Å². The maximum Gasteiger partial charge on any atom is 0.253 e. The number of aliphatic hydroxyl groups is 1. The summed E-state index contributed by atoms with van der Waals surface area (Å²) in [6.07, 6.45) is 4.07. The fourth-order valence-corrected chi connectivity index (χ4v) is 3.35. The molecule has 2 heterocycles. The Kier molecular flexibility index (Phi) is 5.45. The van der Waals surface area contributed by atoms with Crippen molar-refractivity contribution in [2.45, 2.75) is 26.3 Å². The zero-order valence-electron chi connectivity index (χ0n) is 14.8. The lowest BCUT2D eigenvalue weighted by Crippen LogP contribution is -2.52. The lowest BCUT2D eigenvalue weighted by atomic mass is 10.1. The second kappa shape index (κ2) is 7.76. The Bertz CT molecular complexity index is 704. The molecule has 1 saturated heterocycles. The van der Waals surface area contributed by atoms with Gasteiger partial charge in [-0.2, -0.15) is 5.10 Å². The zero-order valence-corrected chi connectivity index (χ0v) is 14.8. The molecular weight excluding hydrogens is 318 g/mol. The summed E-state index contributed by atoms with van der Waals surface area (Å²) in [6, 6.07) is 5.86. The highest BCUT2D eigenvalue weighted by molar-refractivity contribution is 5.94. The van der Waals surface area contributed by atoms with Crippen LogP contribution < -0.4 is 0 Å². The third-order valence-electron chi connectivity index (χ3n) is 4.91. The molecule has 0 saturated carbocycles. The Morgan fingerprint density at radius 2 is 2.04 bits per heavy atom. The van der Waals surface area contributed by atoms with Gasteiger partial charge in [0.2, 0.25) is 0 Å². The summed E-state index contributed by atoms with van der Waals surface area (Å²) >= 11 is 0. The Hall–Kier alpha value is -2.25. The maximum absolute atomic E-state index is 12.8. The first kappa shape index (κ1) is 17.6. The van der Waals surface area contributed by atoms with Crippen LogP contribution in [0.25, 0.3) is 5.69 Å². The fourth-order valence-electron chi connectivity index (χ4n) is 3.35. The SMILES string of the molecule is CCC(CO)N1CCN(C(=O)c2ccc(-n3cncn3)c(C)c2)CC1. The first-order valence-electron chi connectivity index (χ1n) is 8.74. The molecule has 7 nitrogen and oxygen atoms in total. The van der Waals surface area contributed by atoms with Crippen molar-refractivity contribution in [3.05, 3.63) is 42.0 Å². The van der Waals surface area contributed by atoms with Crippen molar-refractivity contribution >= 4 is 5.91 Å². The molecule has 1 aromatic heterocycles. The molecule has 7 heteroatoms. The summed E-state index contributed by atoms with van der Waals surface area (Å²) in [5.74, 6) is 0.0601. The second-order valence-electron chi connectivity index (χ2n) is 6.41. The van der Waals surface area contributed by atoms with Gasteiger partial charge in [-0.25, -0.2) is 9.67 Å². The van der Waals surface area contributed by atoms with Gasteiger partial charge in [0.15, 0.2) is 0 Å². The minimum atomic E-state index is 0.0601. The number of benzene rings is 1. The molecule has 1 aliphatic heterocycles. The molecule has 1 aliphatic rings. The predicted octanol–water partition coefficient (Wildman–Crippen LogP) is 1.10. The minimum absolute atomic E-state index is 0.0601. The van der Waals surface area contributed by atoms with Crippen LogP contribution in [0.3, 0.4) is 0 Å². The highest BCUT2D eigenvalue weighted by atomic mass is 16.3. The third kappa shape index (κ3) is 3.72. The van der Waals surface area contributed by atoms with E-state index in [1.807, 2.05) is 30.0 Å². The number of aromatic nitrogens is 3. The fraction of sp³-hybridized carbons (Fsp3) is 0.500. The minimum Gasteiger partial charge on any atom is -0.395 e. The lowest BCUT2D eigenvalue weighted by Gasteiger charge is -2.38. The van der Waals surface area contributed by atoms with Crippen LogP contribution in [-0.2, 0) is 0 Å². The average Bonchev–Trinajstić information content (AvgIpc) is 3.17. The van der Waals surface area contributed by atoms with E-state index in [2.05, 4.69) is 21.9 Å². The quantitative estimate of drug-likeness (QED) is 0.880. The number of carbonyl (C=O) groups is 1. The van der Waals surface area contributed by atoms with Gasteiger partial charge in [0.05, 0.1) is 12.3 Å². The van der Waals surface area contributed by atoms with Crippen molar-refractivity contribution < 1.29 is 9.90 Å². The molecule has 0 spiro atoms. The van der Waals surface area contributed by atoms with Crippen LogP contribution in [0.1, 0.15) is 29.3 Å². The molecule has 1 atom stereocenters. The zero-order chi connectivity index (χ0) is 17.8. The molecule has 25 heavy (non-hydrogen) atoms. The van der Waals surface area contributed by atoms with E-state index in [0.717, 1.165) is 30.8 Å². The van der Waals surface area contributed by atoms with Crippen molar-refractivity contribution in [1.29, 1.82) is 0 Å². The summed E-state index contributed by atoms with van der Waals surface area (Å²) in [4.78, 5) is 20.9. The normalized spacial score (nSPS) is 16.8. The van der Waals surface area contributed by atoms with Crippen molar-refractivity contribution in [2.24, 2.45) is 0 Å². The highest BCUT2D eigenvalue weighted by Gasteiger charge is 2.25. The number of hydrogen-bond donors (Lipinski definition) is 1. The topological polar surface area (TPSA) is 74.5 Å². The van der Waals surface area contributed by atoms with Gasteiger partial charge in [-0.1, -0.05) is 6.92 Å². The smallest absolute Gasteiger partial charge is 0.253 e. The Morgan fingerprint density at radius 1 is 1.28 bits per heavy atom. The van der Waals surface area contributed by atoms with Crippen molar-refractivity contribution in [2.75, 3.05) is 32.8 Å². The summed E-state index contributed by atoms with van der Waals surface area (Å²) in [5, 5.41) is 13.6. The van der Waals surface area contributed by atoms with E-state index >= 15 is 0 Å². The van der Waals surface area contributed by atoms with Crippen LogP contribution in [0.4, 0.5) is 0 Å². The van der Waals surface area contributed by atoms with Crippen molar-refractivity contribution in [1.82, 2.24) is 24.6 Å². The molecule has 0 bridgehead atoms. The summed E-state index contributed by atoms with van der Waals surface area (Å²) in [6.45, 7) is 7.23. The van der Waals surface area contributed by atoms with Crippen molar-refractivity contribution in [3.63, 3.8) is 0 Å². The summed E-state index contributed by atoms with van der Waals surface area (Å²) in [5.41, 5.74) is 2.61. The molecule has 3 rings (SSSR count). The van der Waals surface area contributed by atoms with Crippen LogP contribution in [0.5, 0.6) is 0 Å². The molecule has 1 fully saturated rings. The number of amides is 1. The van der Waals surface area contributed by atoms with E-state index in [9.17, 15) is 9.90 Å². The molecule has 0 radical (unpaired) electrons. The number of piperazine rings is 1. The number of carbonyl (C=O) groups excluding carboxylic acids is 1. The number of rotatable bonds is 5. The molecule has 1 unspecified atom stereocenters. The first-order valence-corrected chi connectivity index (χ1v) is 8.74. The van der Waals surface area contributed by atoms with Gasteiger partial charge < -0.3 is 10.0 Å². The number of nitrogens with zero attached hydrogens (tertiary/aromatic N) is 5. The molecule has 1 N–H and O–H groups in total. The Morgan fingerprint density at radius 3 is 2.60 bits per heavy atom.